The van der Waals surface area contributed by atoms with Crippen molar-refractivity contribution in [2.75, 3.05) is 27.3 Å². The predicted molar refractivity (Wildman–Crippen MR) is 108 cm³/mol. The predicted octanol–water partition coefficient (Wildman–Crippen LogP) is 3.88. The second-order valence-electron chi connectivity index (χ2n) is 6.04. The zero-order valence-electron chi connectivity index (χ0n) is 15.8. The molecule has 146 valence electrons. The number of benzene rings is 2. The number of amides is 1. The van der Waals surface area contributed by atoms with Crippen molar-refractivity contribution in [1.29, 1.82) is 0 Å². The SMILES string of the molecule is COc1ccc(OCCN(C)C(=O)c2ccc(OCc3cscn3)cc2)cc1. The topological polar surface area (TPSA) is 60.9 Å². The fraction of sp³-hybridized carbons (Fsp3) is 0.238. The summed E-state index contributed by atoms with van der Waals surface area (Å²) < 4.78 is 16.5. The van der Waals surface area contributed by atoms with E-state index in [0.29, 0.717) is 31.1 Å². The van der Waals surface area contributed by atoms with E-state index < -0.39 is 0 Å². The lowest BCUT2D eigenvalue weighted by atomic mass is 10.2. The number of hydrogen-bond donors (Lipinski definition) is 0. The van der Waals surface area contributed by atoms with Gasteiger partial charge in [0, 0.05) is 18.0 Å². The number of likely N-dealkylation sites (N-methyl/N-ethyl adjacent to an activating group) is 1. The highest BCUT2D eigenvalue weighted by Crippen LogP contribution is 2.17. The molecule has 0 N–H and O–H groups in total. The van der Waals surface area contributed by atoms with Crippen LogP contribution >= 0.6 is 11.3 Å². The molecule has 28 heavy (non-hydrogen) atoms. The lowest BCUT2D eigenvalue weighted by molar-refractivity contribution is 0.0773. The van der Waals surface area contributed by atoms with E-state index in [1.54, 1.807) is 48.8 Å². The molecule has 0 aliphatic rings. The number of ether oxygens (including phenoxy) is 3. The summed E-state index contributed by atoms with van der Waals surface area (Å²) in [6, 6.07) is 14.5. The van der Waals surface area contributed by atoms with Crippen molar-refractivity contribution >= 4 is 17.2 Å². The summed E-state index contributed by atoms with van der Waals surface area (Å²) in [6.45, 7) is 1.30. The van der Waals surface area contributed by atoms with Crippen molar-refractivity contribution in [2.45, 2.75) is 6.61 Å². The first-order chi connectivity index (χ1) is 13.7. The molecule has 0 fully saturated rings. The van der Waals surface area contributed by atoms with Crippen LogP contribution in [-0.4, -0.2) is 43.1 Å². The van der Waals surface area contributed by atoms with E-state index in [4.69, 9.17) is 14.2 Å². The van der Waals surface area contributed by atoms with Crippen LogP contribution in [0.25, 0.3) is 0 Å². The summed E-state index contributed by atoms with van der Waals surface area (Å²) in [7, 11) is 3.38. The molecule has 0 saturated heterocycles. The van der Waals surface area contributed by atoms with Gasteiger partial charge in [-0.2, -0.15) is 0 Å². The minimum absolute atomic E-state index is 0.0654. The Balaban J connectivity index is 1.45. The molecule has 0 radical (unpaired) electrons. The molecule has 1 heterocycles. The quantitative estimate of drug-likeness (QED) is 0.547. The number of carbonyl (C=O) groups is 1. The second kappa shape index (κ2) is 9.75. The molecule has 3 aromatic rings. The zero-order valence-corrected chi connectivity index (χ0v) is 16.6. The monoisotopic (exact) mass is 398 g/mol. The molecule has 2 aromatic carbocycles. The minimum atomic E-state index is -0.0654. The van der Waals surface area contributed by atoms with Gasteiger partial charge in [0.25, 0.3) is 5.91 Å². The van der Waals surface area contributed by atoms with Crippen molar-refractivity contribution in [3.05, 3.63) is 70.7 Å². The minimum Gasteiger partial charge on any atom is -0.497 e. The molecule has 7 heteroatoms. The summed E-state index contributed by atoms with van der Waals surface area (Å²) in [5.41, 5.74) is 3.27. The first-order valence-corrected chi connectivity index (χ1v) is 9.72. The third-order valence-corrected chi connectivity index (χ3v) is 4.71. The van der Waals surface area contributed by atoms with E-state index in [1.165, 1.54) is 11.3 Å². The molecule has 3 rings (SSSR count). The molecular weight excluding hydrogens is 376 g/mol. The molecule has 1 aromatic heterocycles. The Bertz CT molecular complexity index is 864. The van der Waals surface area contributed by atoms with Crippen LogP contribution in [0.3, 0.4) is 0 Å². The average molecular weight is 398 g/mol. The van der Waals surface area contributed by atoms with Gasteiger partial charge in [0.15, 0.2) is 0 Å². The van der Waals surface area contributed by atoms with E-state index in [9.17, 15) is 4.79 Å². The van der Waals surface area contributed by atoms with Crippen LogP contribution < -0.4 is 14.2 Å². The van der Waals surface area contributed by atoms with Gasteiger partial charge in [0.2, 0.25) is 0 Å². The number of thiazole rings is 1. The van der Waals surface area contributed by atoms with Crippen molar-refractivity contribution in [3.63, 3.8) is 0 Å². The van der Waals surface area contributed by atoms with Crippen LogP contribution in [0.4, 0.5) is 0 Å². The van der Waals surface area contributed by atoms with Gasteiger partial charge in [-0.25, -0.2) is 4.98 Å². The molecule has 0 aliphatic heterocycles. The van der Waals surface area contributed by atoms with E-state index in [1.807, 2.05) is 29.6 Å². The average Bonchev–Trinajstić information content (AvgIpc) is 3.26. The second-order valence-corrected chi connectivity index (χ2v) is 6.76. The van der Waals surface area contributed by atoms with Gasteiger partial charge in [-0.15, -0.1) is 11.3 Å². The normalized spacial score (nSPS) is 10.4. The lowest BCUT2D eigenvalue weighted by Gasteiger charge is -2.18. The molecule has 0 aliphatic carbocycles. The summed E-state index contributed by atoms with van der Waals surface area (Å²) >= 11 is 1.53. The maximum absolute atomic E-state index is 12.5. The third-order valence-electron chi connectivity index (χ3n) is 4.07. The van der Waals surface area contributed by atoms with Gasteiger partial charge >= 0.3 is 0 Å². The van der Waals surface area contributed by atoms with Crippen molar-refractivity contribution in [2.24, 2.45) is 0 Å². The van der Waals surface area contributed by atoms with Crippen LogP contribution in [0.5, 0.6) is 17.2 Å². The standard InChI is InChI=1S/C21H22N2O4S/c1-23(11-12-26-19-9-7-18(25-2)8-10-19)21(24)16-3-5-20(6-4-16)27-13-17-14-28-15-22-17/h3-10,14-15H,11-13H2,1-2H3. The third kappa shape index (κ3) is 5.47. The smallest absolute Gasteiger partial charge is 0.253 e. The van der Waals surface area contributed by atoms with Gasteiger partial charge in [0.05, 0.1) is 24.9 Å². The first kappa shape index (κ1) is 19.7. The molecule has 0 bridgehead atoms. The van der Waals surface area contributed by atoms with Gasteiger partial charge in [-0.05, 0) is 48.5 Å². The number of aromatic nitrogens is 1. The Hall–Kier alpha value is -3.06. The Morgan fingerprint density at radius 3 is 2.29 bits per heavy atom. The van der Waals surface area contributed by atoms with Gasteiger partial charge < -0.3 is 19.1 Å². The maximum atomic E-state index is 12.5. The Labute approximate surface area is 168 Å². The van der Waals surface area contributed by atoms with E-state index in [-0.39, 0.29) is 5.91 Å². The Kier molecular flexibility index (Phi) is 6.86. The maximum Gasteiger partial charge on any atom is 0.253 e. The molecule has 0 saturated carbocycles. The van der Waals surface area contributed by atoms with Crippen LogP contribution in [0.1, 0.15) is 16.1 Å². The van der Waals surface area contributed by atoms with Crippen LogP contribution in [0.2, 0.25) is 0 Å². The van der Waals surface area contributed by atoms with Crippen LogP contribution in [0.15, 0.2) is 59.4 Å². The summed E-state index contributed by atoms with van der Waals surface area (Å²) in [5, 5.41) is 1.95. The van der Waals surface area contributed by atoms with Crippen LogP contribution in [0, 0.1) is 0 Å². The summed E-state index contributed by atoms with van der Waals surface area (Å²) in [5.74, 6) is 2.15. The van der Waals surface area contributed by atoms with E-state index >= 15 is 0 Å². The van der Waals surface area contributed by atoms with Crippen molar-refractivity contribution in [1.82, 2.24) is 9.88 Å². The molecule has 6 nitrogen and oxygen atoms in total. The first-order valence-electron chi connectivity index (χ1n) is 8.78. The molecule has 0 atom stereocenters. The molecule has 1 amide bonds. The number of nitrogens with zero attached hydrogens (tertiary/aromatic N) is 2. The largest absolute Gasteiger partial charge is 0.497 e. The van der Waals surface area contributed by atoms with Crippen molar-refractivity contribution < 1.29 is 19.0 Å². The highest BCUT2D eigenvalue weighted by atomic mass is 32.1. The molecule has 0 spiro atoms. The highest BCUT2D eigenvalue weighted by Gasteiger charge is 2.12. The van der Waals surface area contributed by atoms with Gasteiger partial charge in [0.1, 0.15) is 30.5 Å². The lowest BCUT2D eigenvalue weighted by Crippen LogP contribution is -2.30. The molecular formula is C21H22N2O4S. The fourth-order valence-corrected chi connectivity index (χ4v) is 3.00. The summed E-state index contributed by atoms with van der Waals surface area (Å²) in [6.07, 6.45) is 0. The summed E-state index contributed by atoms with van der Waals surface area (Å²) in [4.78, 5) is 18.3. The Morgan fingerprint density at radius 1 is 1.00 bits per heavy atom. The van der Waals surface area contributed by atoms with E-state index in [0.717, 1.165) is 17.2 Å². The fourth-order valence-electron chi connectivity index (χ4n) is 2.45. The molecule has 0 unspecified atom stereocenters. The van der Waals surface area contributed by atoms with E-state index in [2.05, 4.69) is 4.98 Å². The number of methoxy groups -OCH3 is 1. The van der Waals surface area contributed by atoms with Gasteiger partial charge in [-0.3, -0.25) is 4.79 Å². The zero-order chi connectivity index (χ0) is 19.8. The Morgan fingerprint density at radius 2 is 1.64 bits per heavy atom. The van der Waals surface area contributed by atoms with Crippen molar-refractivity contribution in [3.8, 4) is 17.2 Å². The van der Waals surface area contributed by atoms with Crippen LogP contribution in [-0.2, 0) is 6.61 Å². The number of rotatable bonds is 9. The highest BCUT2D eigenvalue weighted by molar-refractivity contribution is 7.07. The van der Waals surface area contributed by atoms with Gasteiger partial charge in [-0.1, -0.05) is 0 Å². The number of hydrogen-bond acceptors (Lipinski definition) is 6. The number of carbonyl (C=O) groups excluding carboxylic acids is 1.